The Hall–Kier alpha value is -3.93. The van der Waals surface area contributed by atoms with Crippen LogP contribution in [0.4, 0.5) is 17.8 Å². The highest BCUT2D eigenvalue weighted by Crippen LogP contribution is 2.19. The maximum Gasteiger partial charge on any atom is 0.232 e. The molecule has 0 amide bonds. The SMILES string of the molecule is Nc1nc(NCc2ccccc2)nc(N(Cc2ccccc2)Cc2ccccc2)n1. The van der Waals surface area contributed by atoms with E-state index in [1.54, 1.807) is 0 Å². The molecule has 0 saturated heterocycles. The summed E-state index contributed by atoms with van der Waals surface area (Å²) in [6.07, 6.45) is 0. The van der Waals surface area contributed by atoms with Crippen molar-refractivity contribution in [2.45, 2.75) is 19.6 Å². The minimum absolute atomic E-state index is 0.196. The second-order valence-corrected chi connectivity index (χ2v) is 6.98. The number of hydrogen-bond acceptors (Lipinski definition) is 6. The number of nitrogens with zero attached hydrogens (tertiary/aromatic N) is 4. The smallest absolute Gasteiger partial charge is 0.232 e. The lowest BCUT2D eigenvalue weighted by molar-refractivity contribution is 0.759. The molecule has 4 aromatic rings. The summed E-state index contributed by atoms with van der Waals surface area (Å²) < 4.78 is 0. The van der Waals surface area contributed by atoms with Gasteiger partial charge in [-0.15, -0.1) is 0 Å². The number of nitrogen functional groups attached to an aromatic ring is 1. The molecule has 1 aromatic heterocycles. The van der Waals surface area contributed by atoms with Crippen molar-refractivity contribution < 1.29 is 0 Å². The molecule has 150 valence electrons. The fourth-order valence-electron chi connectivity index (χ4n) is 3.18. The summed E-state index contributed by atoms with van der Waals surface area (Å²) in [6.45, 7) is 1.94. The standard InChI is InChI=1S/C24H24N6/c25-22-27-23(26-16-19-10-4-1-5-11-19)29-24(28-22)30(17-20-12-6-2-7-13-20)18-21-14-8-3-9-15-21/h1-15H,16-18H2,(H3,25,26,27,28,29). The molecule has 0 aliphatic carbocycles. The van der Waals surface area contributed by atoms with Crippen molar-refractivity contribution in [3.63, 3.8) is 0 Å². The predicted molar refractivity (Wildman–Crippen MR) is 121 cm³/mol. The Bertz CT molecular complexity index is 1010. The third-order valence-electron chi connectivity index (χ3n) is 4.65. The van der Waals surface area contributed by atoms with E-state index >= 15 is 0 Å². The van der Waals surface area contributed by atoms with Crippen LogP contribution in [0.5, 0.6) is 0 Å². The van der Waals surface area contributed by atoms with Crippen LogP contribution in [0.1, 0.15) is 16.7 Å². The van der Waals surface area contributed by atoms with Gasteiger partial charge in [0.25, 0.3) is 0 Å². The van der Waals surface area contributed by atoms with Crippen molar-refractivity contribution in [2.75, 3.05) is 16.0 Å². The van der Waals surface area contributed by atoms with Crippen molar-refractivity contribution in [1.82, 2.24) is 15.0 Å². The molecule has 6 nitrogen and oxygen atoms in total. The normalized spacial score (nSPS) is 10.5. The first-order valence-electron chi connectivity index (χ1n) is 9.88. The second kappa shape index (κ2) is 9.52. The van der Waals surface area contributed by atoms with Crippen LogP contribution >= 0.6 is 0 Å². The van der Waals surface area contributed by atoms with Crippen LogP contribution in [0, 0.1) is 0 Å². The van der Waals surface area contributed by atoms with Gasteiger partial charge in [-0.1, -0.05) is 91.0 Å². The molecule has 0 fully saturated rings. The first kappa shape index (κ1) is 19.4. The van der Waals surface area contributed by atoms with E-state index in [-0.39, 0.29) is 5.95 Å². The number of nitrogens with two attached hydrogens (primary N) is 1. The highest BCUT2D eigenvalue weighted by Gasteiger charge is 2.14. The molecule has 0 aliphatic heterocycles. The van der Waals surface area contributed by atoms with E-state index < -0.39 is 0 Å². The lowest BCUT2D eigenvalue weighted by Crippen LogP contribution is -2.25. The summed E-state index contributed by atoms with van der Waals surface area (Å²) in [7, 11) is 0. The Balaban J connectivity index is 1.59. The monoisotopic (exact) mass is 396 g/mol. The number of hydrogen-bond donors (Lipinski definition) is 2. The molecule has 0 saturated carbocycles. The zero-order chi connectivity index (χ0) is 20.6. The van der Waals surface area contributed by atoms with Gasteiger partial charge in [-0.2, -0.15) is 15.0 Å². The molecular formula is C24H24N6. The third-order valence-corrected chi connectivity index (χ3v) is 4.65. The quantitative estimate of drug-likeness (QED) is 0.463. The molecule has 0 bridgehead atoms. The number of benzene rings is 3. The molecule has 3 N–H and O–H groups in total. The van der Waals surface area contributed by atoms with E-state index in [1.165, 1.54) is 11.1 Å². The first-order valence-corrected chi connectivity index (χ1v) is 9.88. The number of anilines is 3. The highest BCUT2D eigenvalue weighted by atomic mass is 15.3. The van der Waals surface area contributed by atoms with Gasteiger partial charge in [-0.3, -0.25) is 0 Å². The maximum absolute atomic E-state index is 6.02. The Morgan fingerprint density at radius 3 is 1.67 bits per heavy atom. The van der Waals surface area contributed by atoms with Crippen LogP contribution in [0.25, 0.3) is 0 Å². The molecule has 1 heterocycles. The average Bonchev–Trinajstić information content (AvgIpc) is 2.79. The Morgan fingerprint density at radius 2 is 1.13 bits per heavy atom. The molecule has 0 radical (unpaired) electrons. The average molecular weight is 396 g/mol. The van der Waals surface area contributed by atoms with Crippen LogP contribution < -0.4 is 16.0 Å². The molecule has 6 heteroatoms. The first-order chi connectivity index (χ1) is 14.8. The van der Waals surface area contributed by atoms with Crippen LogP contribution in [-0.2, 0) is 19.6 Å². The summed E-state index contributed by atoms with van der Waals surface area (Å²) in [5.41, 5.74) is 9.51. The Kier molecular flexibility index (Phi) is 6.15. The van der Waals surface area contributed by atoms with E-state index in [0.29, 0.717) is 31.5 Å². The van der Waals surface area contributed by atoms with Gasteiger partial charge in [0.05, 0.1) is 0 Å². The molecule has 0 atom stereocenters. The van der Waals surface area contributed by atoms with Crippen molar-refractivity contribution in [3.8, 4) is 0 Å². The Labute approximate surface area is 176 Å². The topological polar surface area (TPSA) is 80.0 Å². The van der Waals surface area contributed by atoms with E-state index in [4.69, 9.17) is 5.73 Å². The lowest BCUT2D eigenvalue weighted by Gasteiger charge is -2.23. The van der Waals surface area contributed by atoms with Gasteiger partial charge in [0.2, 0.25) is 17.8 Å². The van der Waals surface area contributed by atoms with E-state index in [0.717, 1.165) is 5.56 Å². The summed E-state index contributed by atoms with van der Waals surface area (Å²) in [4.78, 5) is 15.4. The van der Waals surface area contributed by atoms with Gasteiger partial charge < -0.3 is 16.0 Å². The summed E-state index contributed by atoms with van der Waals surface area (Å²) in [5.74, 6) is 1.21. The van der Waals surface area contributed by atoms with Gasteiger partial charge in [-0.05, 0) is 16.7 Å². The minimum Gasteiger partial charge on any atom is -0.368 e. The molecule has 0 aliphatic rings. The fourth-order valence-corrected chi connectivity index (χ4v) is 3.18. The summed E-state index contributed by atoms with van der Waals surface area (Å²) in [5, 5.41) is 3.26. The van der Waals surface area contributed by atoms with E-state index in [1.807, 2.05) is 54.6 Å². The fraction of sp³-hybridized carbons (Fsp3) is 0.125. The molecule has 4 rings (SSSR count). The zero-order valence-electron chi connectivity index (χ0n) is 16.6. The molecule has 0 unspecified atom stereocenters. The lowest BCUT2D eigenvalue weighted by atomic mass is 10.2. The predicted octanol–water partition coefficient (Wildman–Crippen LogP) is 4.27. The van der Waals surface area contributed by atoms with Crippen molar-refractivity contribution >= 4 is 17.8 Å². The van der Waals surface area contributed by atoms with E-state index in [2.05, 4.69) is 61.6 Å². The van der Waals surface area contributed by atoms with Crippen molar-refractivity contribution in [1.29, 1.82) is 0 Å². The third kappa shape index (κ3) is 5.32. The number of nitrogens with one attached hydrogen (secondary N) is 1. The minimum atomic E-state index is 0.196. The molecule has 0 spiro atoms. The van der Waals surface area contributed by atoms with E-state index in [9.17, 15) is 0 Å². The largest absolute Gasteiger partial charge is 0.368 e. The Morgan fingerprint density at radius 1 is 0.633 bits per heavy atom. The molecular weight excluding hydrogens is 372 g/mol. The molecule has 30 heavy (non-hydrogen) atoms. The number of aromatic nitrogens is 3. The van der Waals surface area contributed by atoms with Gasteiger partial charge in [0.1, 0.15) is 0 Å². The second-order valence-electron chi connectivity index (χ2n) is 6.98. The number of rotatable bonds is 8. The van der Waals surface area contributed by atoms with Gasteiger partial charge in [-0.25, -0.2) is 0 Å². The van der Waals surface area contributed by atoms with Crippen molar-refractivity contribution in [2.24, 2.45) is 0 Å². The van der Waals surface area contributed by atoms with Crippen LogP contribution in [0.2, 0.25) is 0 Å². The van der Waals surface area contributed by atoms with Gasteiger partial charge in [0, 0.05) is 19.6 Å². The van der Waals surface area contributed by atoms with Crippen molar-refractivity contribution in [3.05, 3.63) is 108 Å². The maximum atomic E-state index is 6.02. The van der Waals surface area contributed by atoms with Gasteiger partial charge in [0.15, 0.2) is 0 Å². The van der Waals surface area contributed by atoms with Gasteiger partial charge >= 0.3 is 0 Å². The highest BCUT2D eigenvalue weighted by molar-refractivity contribution is 5.43. The summed E-state index contributed by atoms with van der Waals surface area (Å²) in [6, 6.07) is 30.6. The van der Waals surface area contributed by atoms with Crippen LogP contribution in [0.15, 0.2) is 91.0 Å². The van der Waals surface area contributed by atoms with Crippen LogP contribution in [-0.4, -0.2) is 15.0 Å². The summed E-state index contributed by atoms with van der Waals surface area (Å²) >= 11 is 0. The van der Waals surface area contributed by atoms with Crippen LogP contribution in [0.3, 0.4) is 0 Å². The zero-order valence-corrected chi connectivity index (χ0v) is 16.6. The molecule has 3 aromatic carbocycles.